The molecule has 2 rings (SSSR count). The van der Waals surface area contributed by atoms with Crippen molar-refractivity contribution in [1.82, 2.24) is 4.90 Å². The Bertz CT molecular complexity index is 392. The summed E-state index contributed by atoms with van der Waals surface area (Å²) >= 11 is 0. The van der Waals surface area contributed by atoms with Crippen LogP contribution in [0.15, 0.2) is 24.3 Å². The first kappa shape index (κ1) is 13.6. The number of nitrogens with zero attached hydrogens (tertiary/aromatic N) is 1. The monoisotopic (exact) mass is 246 g/mol. The minimum Gasteiger partial charge on any atom is -0.329 e. The molecule has 1 aromatic rings. The van der Waals surface area contributed by atoms with Gasteiger partial charge in [0, 0.05) is 19.1 Å². The molecule has 18 heavy (non-hydrogen) atoms. The number of nitrogens with two attached hydrogens (primary N) is 1. The highest BCUT2D eigenvalue weighted by Crippen LogP contribution is 2.25. The van der Waals surface area contributed by atoms with Crippen molar-refractivity contribution in [1.29, 1.82) is 0 Å². The van der Waals surface area contributed by atoms with Crippen molar-refractivity contribution in [2.24, 2.45) is 11.1 Å². The molecule has 1 aliphatic rings. The molecule has 0 amide bonds. The third-order valence-corrected chi connectivity index (χ3v) is 3.88. The number of hydrogen-bond donors (Lipinski definition) is 1. The zero-order valence-corrected chi connectivity index (χ0v) is 11.9. The summed E-state index contributed by atoms with van der Waals surface area (Å²) in [5.74, 6) is 0. The Balaban J connectivity index is 2.07. The molecule has 0 fully saturated rings. The van der Waals surface area contributed by atoms with E-state index in [1.807, 2.05) is 0 Å². The minimum absolute atomic E-state index is 0.399. The SMILES string of the molecule is CC(C)(C)CCN1Cc2ccccc2CC1CN. The zero-order chi connectivity index (χ0) is 13.2. The second kappa shape index (κ2) is 5.41. The van der Waals surface area contributed by atoms with Gasteiger partial charge in [-0.25, -0.2) is 0 Å². The molecule has 100 valence electrons. The maximum absolute atomic E-state index is 5.95. The van der Waals surface area contributed by atoms with Crippen molar-refractivity contribution < 1.29 is 0 Å². The number of fused-ring (bicyclic) bond motifs is 1. The lowest BCUT2D eigenvalue weighted by atomic mass is 9.89. The van der Waals surface area contributed by atoms with E-state index >= 15 is 0 Å². The number of hydrogen-bond acceptors (Lipinski definition) is 2. The van der Waals surface area contributed by atoms with Crippen molar-refractivity contribution in [3.63, 3.8) is 0 Å². The van der Waals surface area contributed by atoms with Gasteiger partial charge in [0.25, 0.3) is 0 Å². The highest BCUT2D eigenvalue weighted by atomic mass is 15.2. The topological polar surface area (TPSA) is 29.3 Å². The average Bonchev–Trinajstić information content (AvgIpc) is 2.34. The lowest BCUT2D eigenvalue weighted by Gasteiger charge is -2.37. The summed E-state index contributed by atoms with van der Waals surface area (Å²) in [6.45, 7) is 9.90. The maximum Gasteiger partial charge on any atom is 0.0262 e. The predicted octanol–water partition coefficient (Wildman–Crippen LogP) is 2.81. The lowest BCUT2D eigenvalue weighted by molar-refractivity contribution is 0.152. The molecule has 1 unspecified atom stereocenters. The molecule has 0 aromatic heterocycles. The van der Waals surface area contributed by atoms with Gasteiger partial charge in [0.1, 0.15) is 0 Å². The van der Waals surface area contributed by atoms with Crippen LogP contribution in [0.3, 0.4) is 0 Å². The molecular weight excluding hydrogens is 220 g/mol. The number of benzene rings is 1. The Morgan fingerprint density at radius 1 is 1.22 bits per heavy atom. The van der Waals surface area contributed by atoms with E-state index in [9.17, 15) is 0 Å². The van der Waals surface area contributed by atoms with Gasteiger partial charge in [0.15, 0.2) is 0 Å². The van der Waals surface area contributed by atoms with Crippen molar-refractivity contribution in [3.05, 3.63) is 35.4 Å². The Kier molecular flexibility index (Phi) is 4.08. The van der Waals surface area contributed by atoms with E-state index in [0.29, 0.717) is 11.5 Å². The zero-order valence-electron chi connectivity index (χ0n) is 11.9. The summed E-state index contributed by atoms with van der Waals surface area (Å²) in [4.78, 5) is 2.56. The van der Waals surface area contributed by atoms with Gasteiger partial charge < -0.3 is 5.73 Å². The molecule has 2 nitrogen and oxygen atoms in total. The van der Waals surface area contributed by atoms with Crippen LogP contribution in [0.5, 0.6) is 0 Å². The Morgan fingerprint density at radius 2 is 1.89 bits per heavy atom. The molecule has 0 saturated carbocycles. The second-order valence-corrected chi connectivity index (χ2v) is 6.64. The Hall–Kier alpha value is -0.860. The fourth-order valence-corrected chi connectivity index (χ4v) is 2.61. The Labute approximate surface area is 111 Å². The smallest absolute Gasteiger partial charge is 0.0262 e. The van der Waals surface area contributed by atoms with Gasteiger partial charge >= 0.3 is 0 Å². The maximum atomic E-state index is 5.95. The normalized spacial score (nSPS) is 20.8. The third kappa shape index (κ3) is 3.33. The molecule has 0 radical (unpaired) electrons. The Morgan fingerprint density at radius 3 is 2.50 bits per heavy atom. The van der Waals surface area contributed by atoms with E-state index in [1.165, 1.54) is 17.5 Å². The molecule has 2 heteroatoms. The summed E-state index contributed by atoms with van der Waals surface area (Å²) in [6, 6.07) is 9.30. The molecule has 2 N–H and O–H groups in total. The fraction of sp³-hybridized carbons (Fsp3) is 0.625. The largest absolute Gasteiger partial charge is 0.329 e. The molecule has 1 atom stereocenters. The second-order valence-electron chi connectivity index (χ2n) is 6.64. The quantitative estimate of drug-likeness (QED) is 0.888. The van der Waals surface area contributed by atoms with Gasteiger partial charge in [-0.05, 0) is 35.9 Å². The van der Waals surface area contributed by atoms with E-state index < -0.39 is 0 Å². The highest BCUT2D eigenvalue weighted by molar-refractivity contribution is 5.30. The summed E-state index contributed by atoms with van der Waals surface area (Å²) in [6.07, 6.45) is 2.34. The van der Waals surface area contributed by atoms with E-state index in [0.717, 1.165) is 26.1 Å². The van der Waals surface area contributed by atoms with Crippen molar-refractivity contribution in [2.75, 3.05) is 13.1 Å². The first-order valence-electron chi connectivity index (χ1n) is 7.00. The average molecular weight is 246 g/mol. The van der Waals surface area contributed by atoms with Crippen molar-refractivity contribution >= 4 is 0 Å². The lowest BCUT2D eigenvalue weighted by Crippen LogP contribution is -2.45. The summed E-state index contributed by atoms with van der Waals surface area (Å²) in [5.41, 5.74) is 9.32. The molecule has 1 aromatic carbocycles. The molecular formula is C16H26N2. The van der Waals surface area contributed by atoms with Crippen LogP contribution < -0.4 is 5.73 Å². The van der Waals surface area contributed by atoms with Crippen LogP contribution in [0.25, 0.3) is 0 Å². The molecule has 0 saturated heterocycles. The van der Waals surface area contributed by atoms with Crippen LogP contribution in [0.1, 0.15) is 38.3 Å². The first-order chi connectivity index (χ1) is 8.49. The van der Waals surface area contributed by atoms with E-state index in [-0.39, 0.29) is 0 Å². The summed E-state index contributed by atoms with van der Waals surface area (Å²) < 4.78 is 0. The number of rotatable bonds is 3. The van der Waals surface area contributed by atoms with Gasteiger partial charge in [-0.1, -0.05) is 45.0 Å². The molecule has 0 bridgehead atoms. The predicted molar refractivity (Wildman–Crippen MR) is 77.5 cm³/mol. The van der Waals surface area contributed by atoms with Gasteiger partial charge in [-0.2, -0.15) is 0 Å². The van der Waals surface area contributed by atoms with Crippen molar-refractivity contribution in [3.8, 4) is 0 Å². The summed E-state index contributed by atoms with van der Waals surface area (Å²) in [7, 11) is 0. The van der Waals surface area contributed by atoms with Crippen LogP contribution >= 0.6 is 0 Å². The van der Waals surface area contributed by atoms with Gasteiger partial charge in [0.05, 0.1) is 0 Å². The van der Waals surface area contributed by atoms with Crippen LogP contribution in [0.2, 0.25) is 0 Å². The van der Waals surface area contributed by atoms with Crippen LogP contribution in [-0.4, -0.2) is 24.0 Å². The molecule has 0 aliphatic carbocycles. The third-order valence-electron chi connectivity index (χ3n) is 3.88. The van der Waals surface area contributed by atoms with Crippen molar-refractivity contribution in [2.45, 2.75) is 46.2 Å². The standard InChI is InChI=1S/C16H26N2/c1-16(2,3)8-9-18-12-14-7-5-4-6-13(14)10-15(18)11-17/h4-7,15H,8-12,17H2,1-3H3. The van der Waals surface area contributed by atoms with Crippen LogP contribution in [0, 0.1) is 5.41 Å². The van der Waals surface area contributed by atoms with Gasteiger partial charge in [-0.3, -0.25) is 4.90 Å². The van der Waals surface area contributed by atoms with Gasteiger partial charge in [0.2, 0.25) is 0 Å². The van der Waals surface area contributed by atoms with Crippen LogP contribution in [0.4, 0.5) is 0 Å². The van der Waals surface area contributed by atoms with E-state index in [2.05, 4.69) is 49.9 Å². The van der Waals surface area contributed by atoms with E-state index in [4.69, 9.17) is 5.73 Å². The fourth-order valence-electron chi connectivity index (χ4n) is 2.61. The summed E-state index contributed by atoms with van der Waals surface area (Å²) in [5, 5.41) is 0. The van der Waals surface area contributed by atoms with Crippen LogP contribution in [-0.2, 0) is 13.0 Å². The van der Waals surface area contributed by atoms with E-state index in [1.54, 1.807) is 0 Å². The molecule has 0 spiro atoms. The molecule has 1 heterocycles. The highest BCUT2D eigenvalue weighted by Gasteiger charge is 2.25. The van der Waals surface area contributed by atoms with Gasteiger partial charge in [-0.15, -0.1) is 0 Å². The first-order valence-corrected chi connectivity index (χ1v) is 7.00. The minimum atomic E-state index is 0.399. The molecule has 1 aliphatic heterocycles.